The van der Waals surface area contributed by atoms with Crippen molar-refractivity contribution in [2.24, 2.45) is 0 Å². The fraction of sp³-hybridized carbons (Fsp3) is 0.389. The van der Waals surface area contributed by atoms with Gasteiger partial charge in [0.05, 0.1) is 0 Å². The van der Waals surface area contributed by atoms with Crippen molar-refractivity contribution in [1.29, 1.82) is 0 Å². The zero-order valence-electron chi connectivity index (χ0n) is 14.5. The van der Waals surface area contributed by atoms with Gasteiger partial charge in [0.25, 0.3) is 11.8 Å². The summed E-state index contributed by atoms with van der Waals surface area (Å²) in [5.74, 6) is -2.21. The second kappa shape index (κ2) is 7.83. The largest absolute Gasteiger partial charge is 0.493 e. The number of rotatable bonds is 4. The van der Waals surface area contributed by atoms with Crippen LogP contribution in [0.3, 0.4) is 0 Å². The standard InChI is InChI=1S/C18H21NO6/c1-18(2,3)13-6-4-12(5-7-13)16(21)19-15(20)11-25-17(22)14-10-23-8-9-24-14/h4-7,10H,8-9,11H2,1-3H3,(H,19,20,21). The summed E-state index contributed by atoms with van der Waals surface area (Å²) in [6.07, 6.45) is 1.13. The van der Waals surface area contributed by atoms with Crippen LogP contribution in [0.4, 0.5) is 0 Å². The molecule has 1 heterocycles. The summed E-state index contributed by atoms with van der Waals surface area (Å²) in [5.41, 5.74) is 1.39. The first-order valence-electron chi connectivity index (χ1n) is 7.84. The molecule has 2 amide bonds. The van der Waals surface area contributed by atoms with Crippen LogP contribution in [-0.4, -0.2) is 37.6 Å². The third kappa shape index (κ3) is 5.34. The van der Waals surface area contributed by atoms with Crippen LogP contribution in [-0.2, 0) is 29.2 Å². The van der Waals surface area contributed by atoms with Gasteiger partial charge in [0.15, 0.2) is 6.61 Å². The average Bonchev–Trinajstić information content (AvgIpc) is 2.59. The van der Waals surface area contributed by atoms with Crippen LogP contribution in [0.5, 0.6) is 0 Å². The van der Waals surface area contributed by atoms with Gasteiger partial charge < -0.3 is 14.2 Å². The second-order valence-electron chi connectivity index (χ2n) is 6.48. The first-order chi connectivity index (χ1) is 11.8. The molecule has 134 valence electrons. The minimum absolute atomic E-state index is 0.0292. The molecule has 0 spiro atoms. The SMILES string of the molecule is CC(C)(C)c1ccc(C(=O)NC(=O)COC(=O)C2=COCCO2)cc1. The Balaban J connectivity index is 1.84. The predicted molar refractivity (Wildman–Crippen MR) is 88.6 cm³/mol. The molecule has 0 saturated carbocycles. The van der Waals surface area contributed by atoms with Crippen LogP contribution in [0, 0.1) is 0 Å². The van der Waals surface area contributed by atoms with E-state index in [-0.39, 0.29) is 17.8 Å². The van der Waals surface area contributed by atoms with E-state index >= 15 is 0 Å². The Labute approximate surface area is 145 Å². The van der Waals surface area contributed by atoms with Crippen molar-refractivity contribution in [3.05, 3.63) is 47.4 Å². The maximum absolute atomic E-state index is 12.0. The van der Waals surface area contributed by atoms with Gasteiger partial charge in [-0.3, -0.25) is 14.9 Å². The molecule has 1 N–H and O–H groups in total. The van der Waals surface area contributed by atoms with E-state index in [1.807, 2.05) is 12.1 Å². The van der Waals surface area contributed by atoms with Crippen molar-refractivity contribution in [3.8, 4) is 0 Å². The van der Waals surface area contributed by atoms with Gasteiger partial charge in [0.1, 0.15) is 19.5 Å². The van der Waals surface area contributed by atoms with Gasteiger partial charge in [0, 0.05) is 5.56 Å². The molecule has 0 aliphatic carbocycles. The number of benzene rings is 1. The molecular weight excluding hydrogens is 326 g/mol. The summed E-state index contributed by atoms with van der Waals surface area (Å²) in [6, 6.07) is 6.97. The average molecular weight is 347 g/mol. The topological polar surface area (TPSA) is 90.9 Å². The van der Waals surface area contributed by atoms with Crippen LogP contribution in [0.1, 0.15) is 36.7 Å². The number of nitrogens with one attached hydrogen (secondary N) is 1. The minimum Gasteiger partial charge on any atom is -0.493 e. The Morgan fingerprint density at radius 1 is 1.12 bits per heavy atom. The number of amides is 2. The number of hydrogen-bond donors (Lipinski definition) is 1. The molecular formula is C18H21NO6. The predicted octanol–water partition coefficient (Wildman–Crippen LogP) is 1.67. The van der Waals surface area contributed by atoms with Crippen LogP contribution in [0.2, 0.25) is 0 Å². The molecule has 0 atom stereocenters. The Hall–Kier alpha value is -2.83. The highest BCUT2D eigenvalue weighted by Gasteiger charge is 2.19. The Morgan fingerprint density at radius 3 is 2.36 bits per heavy atom. The highest BCUT2D eigenvalue weighted by atomic mass is 16.6. The Kier molecular flexibility index (Phi) is 5.80. The zero-order valence-corrected chi connectivity index (χ0v) is 14.5. The molecule has 1 aliphatic rings. The third-order valence-electron chi connectivity index (χ3n) is 3.45. The van der Waals surface area contributed by atoms with Crippen molar-refractivity contribution in [2.75, 3.05) is 19.8 Å². The zero-order chi connectivity index (χ0) is 18.4. The van der Waals surface area contributed by atoms with E-state index in [9.17, 15) is 14.4 Å². The van der Waals surface area contributed by atoms with Crippen molar-refractivity contribution in [1.82, 2.24) is 5.32 Å². The van der Waals surface area contributed by atoms with Crippen LogP contribution in [0.25, 0.3) is 0 Å². The molecule has 1 aliphatic heterocycles. The van der Waals surface area contributed by atoms with Crippen molar-refractivity contribution < 1.29 is 28.6 Å². The van der Waals surface area contributed by atoms with Gasteiger partial charge in [-0.2, -0.15) is 0 Å². The lowest BCUT2D eigenvalue weighted by Crippen LogP contribution is -2.34. The highest BCUT2D eigenvalue weighted by Crippen LogP contribution is 2.22. The molecule has 2 rings (SSSR count). The molecule has 0 fully saturated rings. The fourth-order valence-corrected chi connectivity index (χ4v) is 2.03. The Morgan fingerprint density at radius 2 is 1.80 bits per heavy atom. The smallest absolute Gasteiger partial charge is 0.377 e. The van der Waals surface area contributed by atoms with Crippen LogP contribution < -0.4 is 5.32 Å². The maximum Gasteiger partial charge on any atom is 0.377 e. The van der Waals surface area contributed by atoms with E-state index in [1.54, 1.807) is 12.1 Å². The summed E-state index contributed by atoms with van der Waals surface area (Å²) >= 11 is 0. The van der Waals surface area contributed by atoms with E-state index in [0.717, 1.165) is 11.8 Å². The third-order valence-corrected chi connectivity index (χ3v) is 3.45. The molecule has 0 radical (unpaired) electrons. The summed E-state index contributed by atoms with van der Waals surface area (Å²) in [7, 11) is 0. The number of ether oxygens (including phenoxy) is 3. The summed E-state index contributed by atoms with van der Waals surface area (Å²) in [4.78, 5) is 35.4. The van der Waals surface area contributed by atoms with Crippen molar-refractivity contribution >= 4 is 17.8 Å². The number of carbonyl (C=O) groups excluding carboxylic acids is 3. The number of imide groups is 1. The molecule has 0 aromatic heterocycles. The first kappa shape index (κ1) is 18.5. The molecule has 0 saturated heterocycles. The minimum atomic E-state index is -0.822. The van der Waals surface area contributed by atoms with Crippen LogP contribution >= 0.6 is 0 Å². The lowest BCUT2D eigenvalue weighted by Gasteiger charge is -2.19. The van der Waals surface area contributed by atoms with E-state index < -0.39 is 24.4 Å². The monoisotopic (exact) mass is 347 g/mol. The van der Waals surface area contributed by atoms with E-state index in [0.29, 0.717) is 12.2 Å². The molecule has 1 aromatic rings. The molecule has 25 heavy (non-hydrogen) atoms. The first-order valence-corrected chi connectivity index (χ1v) is 7.84. The molecule has 7 nitrogen and oxygen atoms in total. The van der Waals surface area contributed by atoms with Gasteiger partial charge >= 0.3 is 5.97 Å². The summed E-state index contributed by atoms with van der Waals surface area (Å²) in [5, 5.41) is 2.17. The lowest BCUT2D eigenvalue weighted by atomic mass is 9.87. The van der Waals surface area contributed by atoms with E-state index in [4.69, 9.17) is 14.2 Å². The van der Waals surface area contributed by atoms with Gasteiger partial charge in [-0.1, -0.05) is 32.9 Å². The molecule has 0 unspecified atom stereocenters. The van der Waals surface area contributed by atoms with Gasteiger partial charge in [-0.05, 0) is 23.1 Å². The lowest BCUT2D eigenvalue weighted by molar-refractivity contribution is -0.149. The molecule has 1 aromatic carbocycles. The quantitative estimate of drug-likeness (QED) is 0.833. The summed E-state index contributed by atoms with van der Waals surface area (Å²) < 4.78 is 14.7. The maximum atomic E-state index is 12.0. The van der Waals surface area contributed by atoms with Crippen molar-refractivity contribution in [2.45, 2.75) is 26.2 Å². The summed E-state index contributed by atoms with van der Waals surface area (Å²) in [6.45, 7) is 6.19. The molecule has 0 bridgehead atoms. The van der Waals surface area contributed by atoms with Crippen LogP contribution in [0.15, 0.2) is 36.3 Å². The van der Waals surface area contributed by atoms with E-state index in [1.165, 1.54) is 0 Å². The fourth-order valence-electron chi connectivity index (χ4n) is 2.03. The Bertz CT molecular complexity index is 685. The van der Waals surface area contributed by atoms with Gasteiger partial charge in [0.2, 0.25) is 5.76 Å². The second-order valence-corrected chi connectivity index (χ2v) is 6.48. The number of esters is 1. The van der Waals surface area contributed by atoms with E-state index in [2.05, 4.69) is 26.1 Å². The highest BCUT2D eigenvalue weighted by molar-refractivity contribution is 6.05. The van der Waals surface area contributed by atoms with Crippen molar-refractivity contribution in [3.63, 3.8) is 0 Å². The van der Waals surface area contributed by atoms with Gasteiger partial charge in [-0.25, -0.2) is 4.79 Å². The number of hydrogen-bond acceptors (Lipinski definition) is 6. The molecule has 7 heteroatoms. The normalized spacial score (nSPS) is 13.8. The number of carbonyl (C=O) groups is 3. The van der Waals surface area contributed by atoms with Gasteiger partial charge in [-0.15, -0.1) is 0 Å².